The van der Waals surface area contributed by atoms with Gasteiger partial charge < -0.3 is 5.32 Å². The minimum absolute atomic E-state index is 0.0905. The first kappa shape index (κ1) is 22.7. The van der Waals surface area contributed by atoms with Gasteiger partial charge in [-0.1, -0.05) is 37.1 Å². The molecule has 2 aromatic carbocycles. The topological polar surface area (TPSA) is 66.5 Å². The number of thioether (sulfide) groups is 1. The van der Waals surface area contributed by atoms with Crippen LogP contribution in [0.15, 0.2) is 48.5 Å². The van der Waals surface area contributed by atoms with Gasteiger partial charge in [0.15, 0.2) is 0 Å². The number of sulfonamides is 1. The number of carbonyl (C=O) groups is 1. The van der Waals surface area contributed by atoms with Crippen LogP contribution in [0.2, 0.25) is 0 Å². The molecule has 0 aromatic heterocycles. The molecule has 3 rings (SSSR count). The van der Waals surface area contributed by atoms with Gasteiger partial charge in [0.1, 0.15) is 0 Å². The molecule has 1 N–H and O–H groups in total. The van der Waals surface area contributed by atoms with Crippen molar-refractivity contribution in [1.82, 2.24) is 5.32 Å². The summed E-state index contributed by atoms with van der Waals surface area (Å²) in [7, 11) is -3.43. The minimum atomic E-state index is -3.43. The second kappa shape index (κ2) is 10.4. The Bertz CT molecular complexity index is 953. The molecule has 0 radical (unpaired) electrons. The van der Waals surface area contributed by atoms with Crippen LogP contribution < -0.4 is 9.62 Å². The van der Waals surface area contributed by atoms with Gasteiger partial charge in [0.2, 0.25) is 10.0 Å². The molecule has 162 valence electrons. The van der Waals surface area contributed by atoms with E-state index in [0.29, 0.717) is 17.8 Å². The van der Waals surface area contributed by atoms with Crippen LogP contribution in [0.5, 0.6) is 0 Å². The smallest absolute Gasteiger partial charge is 0.251 e. The van der Waals surface area contributed by atoms with E-state index >= 15 is 0 Å². The summed E-state index contributed by atoms with van der Waals surface area (Å²) in [6, 6.07) is 14.6. The molecule has 1 aliphatic carbocycles. The Morgan fingerprint density at radius 2 is 1.83 bits per heavy atom. The van der Waals surface area contributed by atoms with Crippen molar-refractivity contribution in [3.05, 3.63) is 65.2 Å². The van der Waals surface area contributed by atoms with E-state index in [2.05, 4.69) is 5.32 Å². The summed E-state index contributed by atoms with van der Waals surface area (Å²) in [6.07, 6.45) is 6.47. The highest BCUT2D eigenvalue weighted by Gasteiger charge is 2.18. The van der Waals surface area contributed by atoms with E-state index in [1.807, 2.05) is 49.0 Å². The van der Waals surface area contributed by atoms with Crippen molar-refractivity contribution in [3.8, 4) is 0 Å². The first-order chi connectivity index (χ1) is 14.3. The summed E-state index contributed by atoms with van der Waals surface area (Å²) in [5.41, 5.74) is 3.06. The Kier molecular flexibility index (Phi) is 7.83. The number of hydrogen-bond acceptors (Lipinski definition) is 4. The van der Waals surface area contributed by atoms with Crippen molar-refractivity contribution < 1.29 is 13.2 Å². The number of anilines is 1. The highest BCUT2D eigenvalue weighted by Crippen LogP contribution is 2.29. The van der Waals surface area contributed by atoms with E-state index in [1.165, 1.54) is 36.2 Å². The van der Waals surface area contributed by atoms with Crippen LogP contribution >= 0.6 is 11.8 Å². The fraction of sp³-hybridized carbons (Fsp3) is 0.435. The molecule has 1 amide bonds. The molecule has 5 nitrogen and oxygen atoms in total. The summed E-state index contributed by atoms with van der Waals surface area (Å²) in [4.78, 5) is 12.4. The summed E-state index contributed by atoms with van der Waals surface area (Å²) < 4.78 is 26.0. The Hall–Kier alpha value is -1.99. The SMILES string of the molecule is Cc1cccc(N(Cc2ccc(C(=O)NCCSC3CCCC3)cc2)S(C)(=O)=O)c1. The second-order valence-electron chi connectivity index (χ2n) is 7.84. The molecular formula is C23H30N2O3S2. The number of rotatable bonds is 9. The summed E-state index contributed by atoms with van der Waals surface area (Å²) in [6.45, 7) is 2.82. The fourth-order valence-corrected chi connectivity index (χ4v) is 5.76. The van der Waals surface area contributed by atoms with Crippen LogP contribution in [-0.2, 0) is 16.6 Å². The molecule has 30 heavy (non-hydrogen) atoms. The van der Waals surface area contributed by atoms with E-state index in [4.69, 9.17) is 0 Å². The van der Waals surface area contributed by atoms with E-state index < -0.39 is 10.0 Å². The zero-order valence-electron chi connectivity index (χ0n) is 17.6. The van der Waals surface area contributed by atoms with Gasteiger partial charge >= 0.3 is 0 Å². The zero-order valence-corrected chi connectivity index (χ0v) is 19.3. The largest absolute Gasteiger partial charge is 0.351 e. The van der Waals surface area contributed by atoms with Crippen molar-refractivity contribution in [2.24, 2.45) is 0 Å². The van der Waals surface area contributed by atoms with Crippen LogP contribution in [-0.4, -0.2) is 38.1 Å². The normalized spacial score (nSPS) is 14.6. The van der Waals surface area contributed by atoms with Gasteiger partial charge in [-0.25, -0.2) is 8.42 Å². The summed E-state index contributed by atoms with van der Waals surface area (Å²) >= 11 is 1.95. The van der Waals surface area contributed by atoms with Gasteiger partial charge in [-0.3, -0.25) is 9.10 Å². The highest BCUT2D eigenvalue weighted by molar-refractivity contribution is 7.99. The van der Waals surface area contributed by atoms with Crippen molar-refractivity contribution in [2.45, 2.75) is 44.4 Å². The molecule has 1 saturated carbocycles. The van der Waals surface area contributed by atoms with E-state index in [-0.39, 0.29) is 12.5 Å². The van der Waals surface area contributed by atoms with Crippen LogP contribution in [0, 0.1) is 6.92 Å². The quantitative estimate of drug-likeness (QED) is 0.581. The molecule has 0 saturated heterocycles. The molecule has 0 aliphatic heterocycles. The monoisotopic (exact) mass is 446 g/mol. The fourth-order valence-electron chi connectivity index (χ4n) is 3.66. The van der Waals surface area contributed by atoms with Crippen LogP contribution in [0.3, 0.4) is 0 Å². The predicted octanol–water partition coefficient (Wildman–Crippen LogP) is 4.37. The van der Waals surface area contributed by atoms with Crippen molar-refractivity contribution in [2.75, 3.05) is 22.9 Å². The van der Waals surface area contributed by atoms with Gasteiger partial charge in [-0.05, 0) is 55.2 Å². The lowest BCUT2D eigenvalue weighted by atomic mass is 10.1. The maximum atomic E-state index is 12.4. The summed E-state index contributed by atoms with van der Waals surface area (Å²) in [5, 5.41) is 3.73. The Labute approximate surface area is 184 Å². The second-order valence-corrected chi connectivity index (χ2v) is 11.2. The number of carbonyl (C=O) groups excluding carboxylic acids is 1. The first-order valence-electron chi connectivity index (χ1n) is 10.4. The number of hydrogen-bond donors (Lipinski definition) is 1. The predicted molar refractivity (Wildman–Crippen MR) is 126 cm³/mol. The lowest BCUT2D eigenvalue weighted by Crippen LogP contribution is -2.29. The highest BCUT2D eigenvalue weighted by atomic mass is 32.2. The third-order valence-electron chi connectivity index (χ3n) is 5.28. The van der Waals surface area contributed by atoms with Gasteiger partial charge in [0.05, 0.1) is 18.5 Å². The number of aryl methyl sites for hydroxylation is 1. The molecule has 0 heterocycles. The molecule has 0 unspecified atom stereocenters. The first-order valence-corrected chi connectivity index (χ1v) is 13.3. The standard InChI is InChI=1S/C23H30N2O3S2/c1-18-6-5-7-21(16-18)25(30(2,27)28)17-19-10-12-20(13-11-19)23(26)24-14-15-29-22-8-3-4-9-22/h5-7,10-13,16,22H,3-4,8-9,14-15,17H2,1-2H3,(H,24,26). The van der Waals surface area contributed by atoms with Crippen LogP contribution in [0.4, 0.5) is 5.69 Å². The molecule has 1 fully saturated rings. The third-order valence-corrected chi connectivity index (χ3v) is 7.80. The maximum Gasteiger partial charge on any atom is 0.251 e. The summed E-state index contributed by atoms with van der Waals surface area (Å²) in [5.74, 6) is 0.848. The molecule has 0 bridgehead atoms. The van der Waals surface area contributed by atoms with Crippen molar-refractivity contribution in [3.63, 3.8) is 0 Å². The molecule has 0 spiro atoms. The van der Waals surface area contributed by atoms with Crippen LogP contribution in [0.1, 0.15) is 47.2 Å². The molecular weight excluding hydrogens is 416 g/mol. The molecule has 2 aromatic rings. The number of nitrogens with one attached hydrogen (secondary N) is 1. The number of benzene rings is 2. The van der Waals surface area contributed by atoms with E-state index in [9.17, 15) is 13.2 Å². The average Bonchev–Trinajstić information content (AvgIpc) is 3.22. The Balaban J connectivity index is 1.57. The number of nitrogens with zero attached hydrogens (tertiary/aromatic N) is 1. The van der Waals surface area contributed by atoms with Crippen molar-refractivity contribution in [1.29, 1.82) is 0 Å². The lowest BCUT2D eigenvalue weighted by Gasteiger charge is -2.23. The number of amides is 1. The maximum absolute atomic E-state index is 12.4. The minimum Gasteiger partial charge on any atom is -0.351 e. The third kappa shape index (κ3) is 6.51. The van der Waals surface area contributed by atoms with Gasteiger partial charge in [-0.15, -0.1) is 0 Å². The Morgan fingerprint density at radius 3 is 2.47 bits per heavy atom. The molecule has 0 atom stereocenters. The van der Waals surface area contributed by atoms with Gasteiger partial charge in [-0.2, -0.15) is 11.8 Å². The molecule has 1 aliphatic rings. The lowest BCUT2D eigenvalue weighted by molar-refractivity contribution is 0.0956. The average molecular weight is 447 g/mol. The Morgan fingerprint density at radius 1 is 1.13 bits per heavy atom. The van der Waals surface area contributed by atoms with Gasteiger partial charge in [0.25, 0.3) is 5.91 Å². The molecule has 7 heteroatoms. The van der Waals surface area contributed by atoms with E-state index in [0.717, 1.165) is 22.1 Å². The van der Waals surface area contributed by atoms with E-state index in [1.54, 1.807) is 18.2 Å². The van der Waals surface area contributed by atoms with Gasteiger partial charge in [0, 0.05) is 23.1 Å². The van der Waals surface area contributed by atoms with Crippen molar-refractivity contribution >= 4 is 33.4 Å². The van der Waals surface area contributed by atoms with Crippen LogP contribution in [0.25, 0.3) is 0 Å². The zero-order chi connectivity index (χ0) is 21.6.